The van der Waals surface area contributed by atoms with Crippen LogP contribution in [-0.2, 0) is 14.8 Å². The Morgan fingerprint density at radius 1 is 1.19 bits per heavy atom. The van der Waals surface area contributed by atoms with Gasteiger partial charge in [-0.2, -0.15) is 0 Å². The summed E-state index contributed by atoms with van der Waals surface area (Å²) in [5.41, 5.74) is 0.230. The summed E-state index contributed by atoms with van der Waals surface area (Å²) in [4.78, 5) is 14.2. The van der Waals surface area contributed by atoms with Gasteiger partial charge in [0.2, 0.25) is 0 Å². The van der Waals surface area contributed by atoms with Crippen LogP contribution in [0, 0.1) is 5.82 Å². The summed E-state index contributed by atoms with van der Waals surface area (Å²) >= 11 is 0. The minimum absolute atomic E-state index is 0.0897. The molecule has 0 aromatic heterocycles. The van der Waals surface area contributed by atoms with Crippen LogP contribution in [0.25, 0.3) is 0 Å². The highest BCUT2D eigenvalue weighted by molar-refractivity contribution is 7.92. The van der Waals surface area contributed by atoms with E-state index in [1.54, 1.807) is 4.90 Å². The van der Waals surface area contributed by atoms with Gasteiger partial charge < -0.3 is 14.4 Å². The Kier molecular flexibility index (Phi) is 5.62. The molecule has 1 heterocycles. The lowest BCUT2D eigenvalue weighted by Crippen LogP contribution is -2.40. The fraction of sp³-hybridized carbons (Fsp3) is 0.278. The zero-order chi connectivity index (χ0) is 19.4. The Morgan fingerprint density at radius 2 is 1.93 bits per heavy atom. The summed E-state index contributed by atoms with van der Waals surface area (Å²) in [5, 5.41) is 0. The summed E-state index contributed by atoms with van der Waals surface area (Å²) < 4.78 is 51.4. The van der Waals surface area contributed by atoms with Gasteiger partial charge in [0.1, 0.15) is 11.6 Å². The van der Waals surface area contributed by atoms with Crippen LogP contribution in [0.4, 0.5) is 10.1 Å². The average molecular weight is 394 g/mol. The van der Waals surface area contributed by atoms with Crippen molar-refractivity contribution < 1.29 is 27.1 Å². The maximum absolute atomic E-state index is 13.3. The average Bonchev–Trinajstić information content (AvgIpc) is 2.67. The molecule has 1 aliphatic heterocycles. The second-order valence-electron chi connectivity index (χ2n) is 5.88. The van der Waals surface area contributed by atoms with E-state index in [0.717, 1.165) is 6.07 Å². The van der Waals surface area contributed by atoms with E-state index in [-0.39, 0.29) is 27.8 Å². The maximum atomic E-state index is 13.3. The number of carbonyl (C=O) groups is 1. The standard InChI is InChI=1S/C18H19FN2O5S/c1-25-17-6-5-15(12-16(17)18(22)21-7-9-26-10-8-21)27(23,24)20-14-4-2-3-13(19)11-14/h2-6,11-12,20H,7-10H2,1H3. The van der Waals surface area contributed by atoms with E-state index in [1.165, 1.54) is 43.5 Å². The topological polar surface area (TPSA) is 84.9 Å². The lowest BCUT2D eigenvalue weighted by Gasteiger charge is -2.27. The van der Waals surface area contributed by atoms with Crippen LogP contribution in [0.2, 0.25) is 0 Å². The molecule has 0 bridgehead atoms. The van der Waals surface area contributed by atoms with E-state index < -0.39 is 15.8 Å². The third-order valence-electron chi connectivity index (χ3n) is 4.09. The van der Waals surface area contributed by atoms with Crippen LogP contribution in [0.3, 0.4) is 0 Å². The molecule has 7 nitrogen and oxygen atoms in total. The lowest BCUT2D eigenvalue weighted by molar-refractivity contribution is 0.0300. The maximum Gasteiger partial charge on any atom is 0.261 e. The number of rotatable bonds is 5. The number of hydrogen-bond donors (Lipinski definition) is 1. The smallest absolute Gasteiger partial charge is 0.261 e. The Hall–Kier alpha value is -2.65. The van der Waals surface area contributed by atoms with Crippen LogP contribution in [-0.4, -0.2) is 52.6 Å². The number of ether oxygens (including phenoxy) is 2. The van der Waals surface area contributed by atoms with Gasteiger partial charge in [-0.1, -0.05) is 6.07 Å². The monoisotopic (exact) mass is 394 g/mol. The molecule has 0 radical (unpaired) electrons. The number of nitrogens with one attached hydrogen (secondary N) is 1. The minimum atomic E-state index is -4.01. The molecule has 1 N–H and O–H groups in total. The van der Waals surface area contributed by atoms with Crippen molar-refractivity contribution in [3.63, 3.8) is 0 Å². The first-order chi connectivity index (χ1) is 12.9. The molecule has 2 aromatic rings. The molecule has 0 atom stereocenters. The normalized spacial score (nSPS) is 14.7. The van der Waals surface area contributed by atoms with Crippen molar-refractivity contribution in [2.24, 2.45) is 0 Å². The highest BCUT2D eigenvalue weighted by Crippen LogP contribution is 2.26. The number of hydrogen-bond acceptors (Lipinski definition) is 5. The largest absolute Gasteiger partial charge is 0.496 e. The molecule has 27 heavy (non-hydrogen) atoms. The Bertz CT molecular complexity index is 943. The summed E-state index contributed by atoms with van der Waals surface area (Å²) in [7, 11) is -2.60. The number of morpholine rings is 1. The number of nitrogens with zero attached hydrogens (tertiary/aromatic N) is 1. The molecule has 3 rings (SSSR count). The highest BCUT2D eigenvalue weighted by atomic mass is 32.2. The molecule has 1 amide bonds. The van der Waals surface area contributed by atoms with E-state index >= 15 is 0 Å². The van der Waals surface area contributed by atoms with E-state index in [0.29, 0.717) is 26.3 Å². The van der Waals surface area contributed by atoms with Gasteiger partial charge in [-0.05, 0) is 36.4 Å². The van der Waals surface area contributed by atoms with E-state index in [1.807, 2.05) is 0 Å². The van der Waals surface area contributed by atoms with Crippen LogP contribution >= 0.6 is 0 Å². The minimum Gasteiger partial charge on any atom is -0.496 e. The van der Waals surface area contributed by atoms with Crippen LogP contribution in [0.15, 0.2) is 47.4 Å². The molecule has 1 fully saturated rings. The van der Waals surface area contributed by atoms with Crippen molar-refractivity contribution in [2.75, 3.05) is 38.1 Å². The van der Waals surface area contributed by atoms with Gasteiger partial charge in [0.05, 0.1) is 36.5 Å². The summed E-state index contributed by atoms with van der Waals surface area (Å²) in [5.74, 6) is -0.623. The van der Waals surface area contributed by atoms with Crippen LogP contribution in [0.1, 0.15) is 10.4 Å². The van der Waals surface area contributed by atoms with Gasteiger partial charge in [-0.3, -0.25) is 9.52 Å². The SMILES string of the molecule is COc1ccc(S(=O)(=O)Nc2cccc(F)c2)cc1C(=O)N1CCOCC1. The molecule has 0 aliphatic carbocycles. The zero-order valence-corrected chi connectivity index (χ0v) is 15.5. The summed E-state index contributed by atoms with van der Waals surface area (Å²) in [6.07, 6.45) is 0. The van der Waals surface area contributed by atoms with Gasteiger partial charge in [0, 0.05) is 13.1 Å². The Labute approximate surface area is 156 Å². The second-order valence-corrected chi connectivity index (χ2v) is 7.56. The van der Waals surface area contributed by atoms with Crippen molar-refractivity contribution in [3.8, 4) is 5.75 Å². The Morgan fingerprint density at radius 3 is 2.59 bits per heavy atom. The molecule has 1 aliphatic rings. The number of amides is 1. The molecule has 9 heteroatoms. The van der Waals surface area contributed by atoms with Gasteiger partial charge in [-0.25, -0.2) is 12.8 Å². The molecule has 0 unspecified atom stereocenters. The van der Waals surface area contributed by atoms with Gasteiger partial charge in [0.15, 0.2) is 0 Å². The number of sulfonamides is 1. The fourth-order valence-electron chi connectivity index (χ4n) is 2.72. The van der Waals surface area contributed by atoms with Crippen molar-refractivity contribution >= 4 is 21.6 Å². The van der Waals surface area contributed by atoms with Crippen LogP contribution in [0.5, 0.6) is 5.75 Å². The van der Waals surface area contributed by atoms with Crippen molar-refractivity contribution in [1.29, 1.82) is 0 Å². The predicted octanol–water partition coefficient (Wildman–Crippen LogP) is 2.11. The molecule has 0 saturated carbocycles. The quantitative estimate of drug-likeness (QED) is 0.840. The first-order valence-electron chi connectivity index (χ1n) is 8.24. The van der Waals surface area contributed by atoms with E-state index in [2.05, 4.69) is 4.72 Å². The van der Waals surface area contributed by atoms with Crippen molar-refractivity contribution in [2.45, 2.75) is 4.90 Å². The molecular formula is C18H19FN2O5S. The van der Waals surface area contributed by atoms with Gasteiger partial charge >= 0.3 is 0 Å². The van der Waals surface area contributed by atoms with E-state index in [4.69, 9.17) is 9.47 Å². The van der Waals surface area contributed by atoms with Crippen molar-refractivity contribution in [3.05, 3.63) is 53.8 Å². The third-order valence-corrected chi connectivity index (χ3v) is 5.47. The highest BCUT2D eigenvalue weighted by Gasteiger charge is 2.24. The molecule has 0 spiro atoms. The van der Waals surface area contributed by atoms with Crippen LogP contribution < -0.4 is 9.46 Å². The number of benzene rings is 2. The first-order valence-corrected chi connectivity index (χ1v) is 9.72. The molecule has 2 aromatic carbocycles. The predicted molar refractivity (Wildman–Crippen MR) is 96.9 cm³/mol. The summed E-state index contributed by atoms with van der Waals surface area (Å²) in [6, 6.07) is 9.13. The van der Waals surface area contributed by atoms with Crippen molar-refractivity contribution in [1.82, 2.24) is 4.90 Å². The van der Waals surface area contributed by atoms with E-state index in [9.17, 15) is 17.6 Å². The van der Waals surface area contributed by atoms with Gasteiger partial charge in [0.25, 0.3) is 15.9 Å². The number of carbonyl (C=O) groups excluding carboxylic acids is 1. The second kappa shape index (κ2) is 7.93. The zero-order valence-electron chi connectivity index (χ0n) is 14.6. The number of anilines is 1. The lowest BCUT2D eigenvalue weighted by atomic mass is 10.1. The number of methoxy groups -OCH3 is 1. The molecule has 144 valence electrons. The fourth-order valence-corrected chi connectivity index (χ4v) is 3.80. The molecular weight excluding hydrogens is 375 g/mol. The third kappa shape index (κ3) is 4.37. The number of halogens is 1. The first kappa shape index (κ1) is 19.1. The Balaban J connectivity index is 1.92. The molecule has 1 saturated heterocycles. The summed E-state index contributed by atoms with van der Waals surface area (Å²) in [6.45, 7) is 1.68. The van der Waals surface area contributed by atoms with Gasteiger partial charge in [-0.15, -0.1) is 0 Å².